The molecule has 7 nitrogen and oxygen atoms in total. The molecule has 0 bridgehead atoms. The Morgan fingerprint density at radius 2 is 2.14 bits per heavy atom. The van der Waals surface area contributed by atoms with Gasteiger partial charge in [0.05, 0.1) is 17.5 Å². The average Bonchev–Trinajstić information content (AvgIpc) is 2.76. The first-order chi connectivity index (χ1) is 9.78. The Kier molecular flexibility index (Phi) is 4.65. The Morgan fingerprint density at radius 3 is 2.71 bits per heavy atom. The summed E-state index contributed by atoms with van der Waals surface area (Å²) in [5.74, 6) is -0.148. The molecule has 0 aliphatic carbocycles. The zero-order valence-corrected chi connectivity index (χ0v) is 13.1. The summed E-state index contributed by atoms with van der Waals surface area (Å²) in [5.41, 5.74) is 0.305. The van der Waals surface area contributed by atoms with Crippen LogP contribution in [-0.4, -0.2) is 55.0 Å². The minimum atomic E-state index is -3.09. The molecule has 118 valence electrons. The van der Waals surface area contributed by atoms with Crippen LogP contribution in [0.3, 0.4) is 0 Å². The standard InChI is InChI=1S/C13H21N3O4S/c1-9(2)7-14-13(18)11-3-4-12(17)16(15-11)10-5-6-21(19,20)8-10/h9-10H,3-8H2,1-2H3,(H,14,18)/t10-/m0/s1. The molecule has 0 spiro atoms. The smallest absolute Gasteiger partial charge is 0.267 e. The highest BCUT2D eigenvalue weighted by Crippen LogP contribution is 2.22. The number of hydrogen-bond acceptors (Lipinski definition) is 5. The number of rotatable bonds is 4. The van der Waals surface area contributed by atoms with Crippen LogP contribution < -0.4 is 5.32 Å². The van der Waals surface area contributed by atoms with Crippen molar-refractivity contribution >= 4 is 27.4 Å². The summed E-state index contributed by atoms with van der Waals surface area (Å²) in [6, 6.07) is -0.435. The molecule has 21 heavy (non-hydrogen) atoms. The molecule has 2 amide bonds. The first-order valence-electron chi connectivity index (χ1n) is 7.16. The van der Waals surface area contributed by atoms with Gasteiger partial charge in [0.15, 0.2) is 9.84 Å². The molecule has 2 aliphatic heterocycles. The van der Waals surface area contributed by atoms with Crippen LogP contribution in [-0.2, 0) is 19.4 Å². The molecule has 2 heterocycles. The molecule has 0 aromatic carbocycles. The number of hydrogen-bond donors (Lipinski definition) is 1. The van der Waals surface area contributed by atoms with Crippen molar-refractivity contribution in [3.63, 3.8) is 0 Å². The first-order valence-corrected chi connectivity index (χ1v) is 8.99. The molecule has 1 atom stereocenters. The van der Waals surface area contributed by atoms with Gasteiger partial charge >= 0.3 is 0 Å². The third kappa shape index (κ3) is 4.03. The molecule has 0 unspecified atom stereocenters. The second-order valence-corrected chi connectivity index (χ2v) is 8.17. The summed E-state index contributed by atoms with van der Waals surface area (Å²) in [4.78, 5) is 23.9. The van der Waals surface area contributed by atoms with Gasteiger partial charge in [0.2, 0.25) is 5.91 Å². The summed E-state index contributed by atoms with van der Waals surface area (Å²) in [6.45, 7) is 4.52. The van der Waals surface area contributed by atoms with Gasteiger partial charge in [-0.15, -0.1) is 0 Å². The van der Waals surface area contributed by atoms with Crippen LogP contribution in [0.4, 0.5) is 0 Å². The van der Waals surface area contributed by atoms with Gasteiger partial charge in [0.1, 0.15) is 5.71 Å². The molecule has 0 radical (unpaired) electrons. The minimum absolute atomic E-state index is 0.0663. The summed E-state index contributed by atoms with van der Waals surface area (Å²) in [6.07, 6.45) is 0.891. The van der Waals surface area contributed by atoms with Crippen molar-refractivity contribution in [2.75, 3.05) is 18.1 Å². The van der Waals surface area contributed by atoms with Crippen LogP contribution in [0.1, 0.15) is 33.1 Å². The summed E-state index contributed by atoms with van der Waals surface area (Å²) in [5, 5.41) is 8.09. The maximum Gasteiger partial charge on any atom is 0.267 e. The topological polar surface area (TPSA) is 95.9 Å². The largest absolute Gasteiger partial charge is 0.351 e. The van der Waals surface area contributed by atoms with Gasteiger partial charge in [-0.1, -0.05) is 13.8 Å². The zero-order chi connectivity index (χ0) is 15.6. The van der Waals surface area contributed by atoms with E-state index in [0.717, 1.165) is 0 Å². The highest BCUT2D eigenvalue weighted by Gasteiger charge is 2.37. The monoisotopic (exact) mass is 315 g/mol. The SMILES string of the molecule is CC(C)CNC(=O)C1=NN([C@H]2CCS(=O)(=O)C2)C(=O)CC1. The molecular weight excluding hydrogens is 294 g/mol. The highest BCUT2D eigenvalue weighted by atomic mass is 32.2. The summed E-state index contributed by atoms with van der Waals surface area (Å²) >= 11 is 0. The summed E-state index contributed by atoms with van der Waals surface area (Å²) in [7, 11) is -3.09. The Labute approximate surface area is 124 Å². The van der Waals surface area contributed by atoms with Crippen molar-refractivity contribution in [2.45, 2.75) is 39.2 Å². The quantitative estimate of drug-likeness (QED) is 0.785. The number of hydrazone groups is 1. The Morgan fingerprint density at radius 1 is 1.43 bits per heavy atom. The van der Waals surface area contributed by atoms with Crippen molar-refractivity contribution in [3.05, 3.63) is 0 Å². The van der Waals surface area contributed by atoms with E-state index in [1.54, 1.807) is 0 Å². The Hall–Kier alpha value is -1.44. The zero-order valence-electron chi connectivity index (χ0n) is 12.3. The molecule has 0 saturated carbocycles. The second kappa shape index (κ2) is 6.13. The van der Waals surface area contributed by atoms with Crippen molar-refractivity contribution in [1.82, 2.24) is 10.3 Å². The maximum atomic E-state index is 12.0. The third-order valence-electron chi connectivity index (χ3n) is 3.55. The van der Waals surface area contributed by atoms with E-state index in [4.69, 9.17) is 0 Å². The van der Waals surface area contributed by atoms with Crippen LogP contribution in [0.5, 0.6) is 0 Å². The first kappa shape index (κ1) is 15.9. The lowest BCUT2D eigenvalue weighted by atomic mass is 10.1. The van der Waals surface area contributed by atoms with Gasteiger partial charge in [-0.05, 0) is 12.3 Å². The lowest BCUT2D eigenvalue weighted by molar-refractivity contribution is -0.133. The normalized spacial score (nSPS) is 25.1. The predicted octanol–water partition coefficient (Wildman–Crippen LogP) is -0.0759. The number of nitrogens with one attached hydrogen (secondary N) is 1. The molecule has 1 fully saturated rings. The molecule has 0 aromatic heterocycles. The van der Waals surface area contributed by atoms with Gasteiger partial charge in [0, 0.05) is 19.4 Å². The van der Waals surface area contributed by atoms with Crippen LogP contribution in [0.25, 0.3) is 0 Å². The van der Waals surface area contributed by atoms with E-state index < -0.39 is 15.9 Å². The minimum Gasteiger partial charge on any atom is -0.351 e. The van der Waals surface area contributed by atoms with Crippen molar-refractivity contribution in [1.29, 1.82) is 0 Å². The highest BCUT2D eigenvalue weighted by molar-refractivity contribution is 7.91. The predicted molar refractivity (Wildman–Crippen MR) is 78.4 cm³/mol. The Balaban J connectivity index is 2.08. The van der Waals surface area contributed by atoms with Crippen molar-refractivity contribution in [2.24, 2.45) is 11.0 Å². The molecule has 2 rings (SSSR count). The molecule has 1 saturated heterocycles. The molecule has 1 N–H and O–H groups in total. The van der Waals surface area contributed by atoms with E-state index in [2.05, 4.69) is 10.4 Å². The van der Waals surface area contributed by atoms with Gasteiger partial charge < -0.3 is 5.32 Å². The number of nitrogens with zero attached hydrogens (tertiary/aromatic N) is 2. The van der Waals surface area contributed by atoms with Crippen molar-refractivity contribution in [3.8, 4) is 0 Å². The Bertz CT molecular complexity index is 568. The van der Waals surface area contributed by atoms with Gasteiger partial charge in [-0.25, -0.2) is 13.4 Å². The van der Waals surface area contributed by atoms with E-state index >= 15 is 0 Å². The van der Waals surface area contributed by atoms with Crippen LogP contribution >= 0.6 is 0 Å². The maximum absolute atomic E-state index is 12.0. The molecule has 0 aromatic rings. The average molecular weight is 315 g/mol. The van der Waals surface area contributed by atoms with E-state index in [9.17, 15) is 18.0 Å². The number of sulfone groups is 1. The van der Waals surface area contributed by atoms with E-state index in [1.807, 2.05) is 13.8 Å². The fourth-order valence-corrected chi connectivity index (χ4v) is 4.08. The van der Waals surface area contributed by atoms with Crippen molar-refractivity contribution < 1.29 is 18.0 Å². The van der Waals surface area contributed by atoms with Gasteiger partial charge in [-0.3, -0.25) is 9.59 Å². The lowest BCUT2D eigenvalue weighted by Gasteiger charge is -2.27. The lowest BCUT2D eigenvalue weighted by Crippen LogP contribution is -2.44. The molecule has 2 aliphatic rings. The van der Waals surface area contributed by atoms with E-state index in [0.29, 0.717) is 31.0 Å². The van der Waals surface area contributed by atoms with Crippen LogP contribution in [0.2, 0.25) is 0 Å². The van der Waals surface area contributed by atoms with Crippen LogP contribution in [0, 0.1) is 5.92 Å². The fourth-order valence-electron chi connectivity index (χ4n) is 2.39. The van der Waals surface area contributed by atoms with Crippen LogP contribution in [0.15, 0.2) is 5.10 Å². The summed E-state index contributed by atoms with van der Waals surface area (Å²) < 4.78 is 23.0. The van der Waals surface area contributed by atoms with E-state index in [1.165, 1.54) is 5.01 Å². The number of carbonyl (C=O) groups is 2. The number of amides is 2. The molecule has 8 heteroatoms. The number of carbonyl (C=O) groups excluding carboxylic acids is 2. The second-order valence-electron chi connectivity index (χ2n) is 5.95. The third-order valence-corrected chi connectivity index (χ3v) is 5.30. The van der Waals surface area contributed by atoms with Gasteiger partial charge in [0.25, 0.3) is 5.91 Å². The molecular formula is C13H21N3O4S. The fraction of sp³-hybridized carbons (Fsp3) is 0.769. The van der Waals surface area contributed by atoms with E-state index in [-0.39, 0.29) is 29.7 Å². The van der Waals surface area contributed by atoms with Gasteiger partial charge in [-0.2, -0.15) is 5.10 Å².